The number of aromatic nitrogens is 4. The molecular weight excluding hydrogens is 416 g/mol. The zero-order valence-electron chi connectivity index (χ0n) is 19.8. The highest BCUT2D eigenvalue weighted by Crippen LogP contribution is 2.27. The van der Waals surface area contributed by atoms with E-state index >= 15 is 0 Å². The van der Waals surface area contributed by atoms with Gasteiger partial charge in [-0.3, -0.25) is 9.78 Å². The van der Waals surface area contributed by atoms with Gasteiger partial charge in [-0.15, -0.1) is 10.2 Å². The van der Waals surface area contributed by atoms with E-state index in [1.165, 1.54) is 0 Å². The van der Waals surface area contributed by atoms with E-state index < -0.39 is 5.60 Å². The third-order valence-corrected chi connectivity index (χ3v) is 6.24. The van der Waals surface area contributed by atoms with Crippen LogP contribution in [-0.4, -0.2) is 56.7 Å². The van der Waals surface area contributed by atoms with Gasteiger partial charge in [0.2, 0.25) is 5.78 Å². The van der Waals surface area contributed by atoms with Crippen molar-refractivity contribution in [3.63, 3.8) is 0 Å². The number of nitrogens with zero attached hydrogens (tertiary/aromatic N) is 6. The Morgan fingerprint density at radius 1 is 1.03 bits per heavy atom. The molecule has 33 heavy (non-hydrogen) atoms. The minimum atomic E-state index is -1.02. The van der Waals surface area contributed by atoms with Gasteiger partial charge in [0, 0.05) is 31.2 Å². The van der Waals surface area contributed by atoms with Gasteiger partial charge in [-0.25, -0.2) is 4.98 Å². The fourth-order valence-corrected chi connectivity index (χ4v) is 4.11. The van der Waals surface area contributed by atoms with Crippen molar-refractivity contribution in [3.8, 4) is 0 Å². The molecule has 8 heteroatoms. The number of ketones is 1. The fourth-order valence-electron chi connectivity index (χ4n) is 4.11. The highest BCUT2D eigenvalue weighted by atomic mass is 16.3. The normalized spacial score (nSPS) is 16.7. The van der Waals surface area contributed by atoms with E-state index in [2.05, 4.69) is 36.9 Å². The molecule has 1 N–H and O–H groups in total. The molecule has 1 saturated heterocycles. The zero-order chi connectivity index (χ0) is 23.8. The van der Waals surface area contributed by atoms with Crippen molar-refractivity contribution in [1.82, 2.24) is 20.2 Å². The van der Waals surface area contributed by atoms with Crippen molar-refractivity contribution in [2.75, 3.05) is 29.4 Å². The third-order valence-electron chi connectivity index (χ3n) is 6.24. The number of carbonyl (C=O) groups is 1. The van der Waals surface area contributed by atoms with Crippen LogP contribution in [0.3, 0.4) is 0 Å². The Labute approximate surface area is 194 Å². The number of anilines is 2. The summed E-state index contributed by atoms with van der Waals surface area (Å²) in [5.74, 6) is 1.49. The summed E-state index contributed by atoms with van der Waals surface area (Å²) in [4.78, 5) is 26.2. The first-order valence-corrected chi connectivity index (χ1v) is 11.2. The summed E-state index contributed by atoms with van der Waals surface area (Å²) < 4.78 is 0. The Bertz CT molecular complexity index is 1140. The molecule has 0 amide bonds. The number of carbonyl (C=O) groups excluding carboxylic acids is 1. The maximum absolute atomic E-state index is 12.9. The lowest BCUT2D eigenvalue weighted by molar-refractivity contribution is 0.0734. The van der Waals surface area contributed by atoms with Crippen LogP contribution in [0, 0.1) is 13.8 Å². The lowest BCUT2D eigenvalue weighted by Crippen LogP contribution is -2.53. The highest BCUT2D eigenvalue weighted by molar-refractivity contribution is 6.08. The van der Waals surface area contributed by atoms with Gasteiger partial charge in [0.1, 0.15) is 17.1 Å². The van der Waals surface area contributed by atoms with E-state index in [-0.39, 0.29) is 11.8 Å². The predicted molar refractivity (Wildman–Crippen MR) is 128 cm³/mol. The van der Waals surface area contributed by atoms with Crippen molar-refractivity contribution < 1.29 is 9.90 Å². The molecule has 3 aromatic rings. The zero-order valence-corrected chi connectivity index (χ0v) is 19.8. The highest BCUT2D eigenvalue weighted by Gasteiger charge is 2.29. The number of piperazine rings is 1. The molecule has 1 fully saturated rings. The van der Waals surface area contributed by atoms with E-state index in [1.807, 2.05) is 32.0 Å². The van der Waals surface area contributed by atoms with Gasteiger partial charge in [-0.2, -0.15) is 0 Å². The molecule has 4 rings (SSSR count). The van der Waals surface area contributed by atoms with Crippen LogP contribution in [0.4, 0.5) is 11.6 Å². The van der Waals surface area contributed by atoms with E-state index in [9.17, 15) is 9.90 Å². The average molecular weight is 447 g/mol. The largest absolute Gasteiger partial charge is 0.384 e. The molecule has 0 saturated carbocycles. The quantitative estimate of drug-likeness (QED) is 0.598. The van der Waals surface area contributed by atoms with E-state index in [4.69, 9.17) is 0 Å². The van der Waals surface area contributed by atoms with E-state index in [1.54, 1.807) is 38.4 Å². The SMILES string of the molecule is Cc1c(C(=O)c2ccccc2)nnc(N2CCN(c3cnc(C(C)(C)O)cn3)[C@H](C)C2)c1C. The number of hydrogen-bond acceptors (Lipinski definition) is 8. The average Bonchev–Trinajstić information content (AvgIpc) is 2.80. The van der Waals surface area contributed by atoms with Crippen LogP contribution in [0.1, 0.15) is 53.6 Å². The van der Waals surface area contributed by atoms with Gasteiger partial charge in [0.15, 0.2) is 5.82 Å². The van der Waals surface area contributed by atoms with Crippen LogP contribution in [0.25, 0.3) is 0 Å². The molecule has 0 spiro atoms. The molecule has 1 aromatic carbocycles. The summed E-state index contributed by atoms with van der Waals surface area (Å²) in [6.07, 6.45) is 3.36. The molecule has 0 unspecified atom stereocenters. The Balaban J connectivity index is 1.51. The summed E-state index contributed by atoms with van der Waals surface area (Å²) in [6, 6.07) is 9.35. The smallest absolute Gasteiger partial charge is 0.213 e. The lowest BCUT2D eigenvalue weighted by atomic mass is 10.0. The molecule has 1 aliphatic heterocycles. The topological polar surface area (TPSA) is 95.3 Å². The maximum Gasteiger partial charge on any atom is 0.213 e. The van der Waals surface area contributed by atoms with Gasteiger partial charge in [0.05, 0.1) is 18.1 Å². The number of benzene rings is 1. The number of hydrogen-bond donors (Lipinski definition) is 1. The van der Waals surface area contributed by atoms with Crippen molar-refractivity contribution >= 4 is 17.4 Å². The molecule has 0 aliphatic carbocycles. The molecule has 172 valence electrons. The van der Waals surface area contributed by atoms with Crippen LogP contribution in [0.5, 0.6) is 0 Å². The first kappa shape index (κ1) is 22.8. The summed E-state index contributed by atoms with van der Waals surface area (Å²) >= 11 is 0. The fraction of sp³-hybridized carbons (Fsp3) is 0.400. The lowest BCUT2D eigenvalue weighted by Gasteiger charge is -2.41. The molecular formula is C25H30N6O2. The summed E-state index contributed by atoms with van der Waals surface area (Å²) in [6.45, 7) is 11.7. The first-order chi connectivity index (χ1) is 15.7. The number of aliphatic hydroxyl groups is 1. The second-order valence-electron chi connectivity index (χ2n) is 9.12. The van der Waals surface area contributed by atoms with Crippen LogP contribution in [-0.2, 0) is 5.60 Å². The van der Waals surface area contributed by atoms with Gasteiger partial charge < -0.3 is 14.9 Å². The van der Waals surface area contributed by atoms with Crippen LogP contribution in [0.2, 0.25) is 0 Å². The molecule has 0 bridgehead atoms. The van der Waals surface area contributed by atoms with Gasteiger partial charge in [-0.05, 0) is 45.7 Å². The Morgan fingerprint density at radius 2 is 1.76 bits per heavy atom. The maximum atomic E-state index is 12.9. The predicted octanol–water partition coefficient (Wildman–Crippen LogP) is 3.06. The van der Waals surface area contributed by atoms with Gasteiger partial charge >= 0.3 is 0 Å². The summed E-state index contributed by atoms with van der Waals surface area (Å²) in [5.41, 5.74) is 2.37. The van der Waals surface area contributed by atoms with Crippen molar-refractivity contribution in [1.29, 1.82) is 0 Å². The van der Waals surface area contributed by atoms with Crippen LogP contribution in [0.15, 0.2) is 42.7 Å². The molecule has 3 heterocycles. The minimum absolute atomic E-state index is 0.110. The second-order valence-corrected chi connectivity index (χ2v) is 9.12. The standard InChI is InChI=1S/C25H30N6O2/c1-16-15-30(11-12-31(16)21-14-26-20(13-27-21)25(4,5)33)24-18(3)17(2)22(28-29-24)23(32)19-9-7-6-8-10-19/h6-10,13-14,16,33H,11-12,15H2,1-5H3/t16-/m1/s1. The number of rotatable bonds is 5. The summed E-state index contributed by atoms with van der Waals surface area (Å²) in [5, 5.41) is 18.9. The molecule has 0 radical (unpaired) electrons. The molecule has 1 aliphatic rings. The monoisotopic (exact) mass is 446 g/mol. The second kappa shape index (κ2) is 8.86. The molecule has 8 nitrogen and oxygen atoms in total. The Morgan fingerprint density at radius 3 is 2.36 bits per heavy atom. The first-order valence-electron chi connectivity index (χ1n) is 11.2. The van der Waals surface area contributed by atoms with Crippen molar-refractivity contribution in [2.45, 2.75) is 46.3 Å². The van der Waals surface area contributed by atoms with Crippen LogP contribution < -0.4 is 9.80 Å². The van der Waals surface area contributed by atoms with Gasteiger partial charge in [0.25, 0.3) is 0 Å². The summed E-state index contributed by atoms with van der Waals surface area (Å²) in [7, 11) is 0. The Kier molecular flexibility index (Phi) is 6.12. The van der Waals surface area contributed by atoms with Gasteiger partial charge in [-0.1, -0.05) is 30.3 Å². The Hall–Kier alpha value is -3.39. The molecule has 2 aromatic heterocycles. The molecule has 1 atom stereocenters. The van der Waals surface area contributed by atoms with E-state index in [0.717, 1.165) is 42.4 Å². The van der Waals surface area contributed by atoms with E-state index in [0.29, 0.717) is 17.0 Å². The van der Waals surface area contributed by atoms with Crippen LogP contribution >= 0.6 is 0 Å². The third kappa shape index (κ3) is 4.57. The minimum Gasteiger partial charge on any atom is -0.384 e. The van der Waals surface area contributed by atoms with Crippen molar-refractivity contribution in [2.24, 2.45) is 0 Å². The van der Waals surface area contributed by atoms with Crippen molar-refractivity contribution in [3.05, 3.63) is 70.8 Å².